The molecule has 1 aliphatic heterocycles. The lowest BCUT2D eigenvalue weighted by atomic mass is 10.1. The fourth-order valence-corrected chi connectivity index (χ4v) is 2.44. The van der Waals surface area contributed by atoms with Crippen molar-refractivity contribution in [2.45, 2.75) is 6.36 Å². The number of aromatic nitrogens is 1. The number of halogens is 2. The van der Waals surface area contributed by atoms with Crippen LogP contribution in [0.5, 0.6) is 5.75 Å². The van der Waals surface area contributed by atoms with Crippen LogP contribution in [0.3, 0.4) is 0 Å². The zero-order valence-electron chi connectivity index (χ0n) is 12.6. The van der Waals surface area contributed by atoms with Crippen LogP contribution in [-0.2, 0) is 4.74 Å². The normalized spacial score (nSPS) is 18.8. The second-order valence-corrected chi connectivity index (χ2v) is 5.32. The van der Waals surface area contributed by atoms with Crippen molar-refractivity contribution in [3.63, 3.8) is 0 Å². The van der Waals surface area contributed by atoms with Gasteiger partial charge in [0.05, 0.1) is 13.2 Å². The van der Waals surface area contributed by atoms with Crippen LogP contribution in [0.4, 0.5) is 8.78 Å². The molecule has 1 unspecified atom stereocenters. The molecule has 0 amide bonds. The van der Waals surface area contributed by atoms with Crippen molar-refractivity contribution in [1.29, 1.82) is 0 Å². The summed E-state index contributed by atoms with van der Waals surface area (Å²) in [6.07, 6.45) is 0.296. The number of nitrogens with zero attached hydrogens (tertiary/aromatic N) is 2. The molecule has 0 spiro atoms. The average Bonchev–Trinajstić information content (AvgIpc) is 2.56. The fraction of sp³-hybridized carbons (Fsp3) is 0.353. The summed E-state index contributed by atoms with van der Waals surface area (Å²) in [5.74, 6) is 0.251. The number of alkyl halides is 1. The molecule has 1 saturated heterocycles. The molecule has 1 aromatic heterocycles. The van der Waals surface area contributed by atoms with Gasteiger partial charge in [0.25, 0.3) is 0 Å². The van der Waals surface area contributed by atoms with Crippen LogP contribution in [0.15, 0.2) is 42.6 Å². The smallest absolute Gasteiger partial charge is 0.212 e. The number of pyridine rings is 1. The number of rotatable bonds is 5. The molecule has 4 nitrogen and oxygen atoms in total. The molecule has 0 bridgehead atoms. The molecule has 2 aromatic rings. The maximum absolute atomic E-state index is 13.1. The van der Waals surface area contributed by atoms with Crippen LogP contribution in [0.25, 0.3) is 11.1 Å². The van der Waals surface area contributed by atoms with E-state index >= 15 is 0 Å². The Kier molecular flexibility index (Phi) is 5.15. The summed E-state index contributed by atoms with van der Waals surface area (Å²) in [6.45, 7) is 2.58. The summed E-state index contributed by atoms with van der Waals surface area (Å²) in [5.41, 5.74) is 1.79. The van der Waals surface area contributed by atoms with E-state index in [1.165, 1.54) is 12.3 Å². The molecule has 122 valence electrons. The number of morpholine rings is 1. The Morgan fingerprint density at radius 3 is 2.65 bits per heavy atom. The molecule has 1 fully saturated rings. The number of benzene rings is 1. The second kappa shape index (κ2) is 7.48. The molecule has 2 heterocycles. The number of hydrogen-bond acceptors (Lipinski definition) is 4. The molecule has 0 saturated carbocycles. The van der Waals surface area contributed by atoms with Crippen molar-refractivity contribution in [2.24, 2.45) is 0 Å². The average molecular weight is 320 g/mol. The second-order valence-electron chi connectivity index (χ2n) is 5.32. The van der Waals surface area contributed by atoms with Crippen LogP contribution in [-0.4, -0.2) is 49.1 Å². The summed E-state index contributed by atoms with van der Waals surface area (Å²) in [6, 6.07) is 10.5. The molecule has 1 aromatic carbocycles. The number of hydrogen-bond donors (Lipinski definition) is 0. The molecule has 6 heteroatoms. The van der Waals surface area contributed by atoms with Crippen LogP contribution in [0.2, 0.25) is 0 Å². The molecule has 3 rings (SSSR count). The Balaban J connectivity index is 1.50. The largest absolute Gasteiger partial charge is 0.492 e. The monoisotopic (exact) mass is 320 g/mol. The van der Waals surface area contributed by atoms with Crippen LogP contribution >= 0.6 is 0 Å². The molecule has 0 radical (unpaired) electrons. The van der Waals surface area contributed by atoms with Gasteiger partial charge in [0.15, 0.2) is 0 Å². The van der Waals surface area contributed by atoms with Crippen molar-refractivity contribution < 1.29 is 18.3 Å². The van der Waals surface area contributed by atoms with Gasteiger partial charge in [0.2, 0.25) is 12.3 Å². The first kappa shape index (κ1) is 15.8. The van der Waals surface area contributed by atoms with Crippen LogP contribution < -0.4 is 4.74 Å². The molecule has 23 heavy (non-hydrogen) atoms. The standard InChI is InChI=1S/C17H18F2N2O2/c18-16-6-3-14(11-20-16)13-1-4-15(5-2-13)22-9-7-21-8-10-23-17(19)12-21/h1-6,11,17H,7-10,12H2. The first-order chi connectivity index (χ1) is 11.2. The SMILES string of the molecule is Fc1ccc(-c2ccc(OCCN3CCOC(F)C3)cc2)cn1. The third-order valence-electron chi connectivity index (χ3n) is 3.70. The lowest BCUT2D eigenvalue weighted by Crippen LogP contribution is -2.42. The summed E-state index contributed by atoms with van der Waals surface area (Å²) < 4.78 is 36.4. The highest BCUT2D eigenvalue weighted by Gasteiger charge is 2.18. The highest BCUT2D eigenvalue weighted by Crippen LogP contribution is 2.21. The van der Waals surface area contributed by atoms with Gasteiger partial charge in [-0.15, -0.1) is 0 Å². The maximum Gasteiger partial charge on any atom is 0.212 e. The highest BCUT2D eigenvalue weighted by molar-refractivity contribution is 5.62. The van der Waals surface area contributed by atoms with Gasteiger partial charge in [-0.05, 0) is 29.8 Å². The topological polar surface area (TPSA) is 34.6 Å². The molecule has 1 atom stereocenters. The van der Waals surface area contributed by atoms with Crippen molar-refractivity contribution >= 4 is 0 Å². The van der Waals surface area contributed by atoms with E-state index in [4.69, 9.17) is 9.47 Å². The zero-order chi connectivity index (χ0) is 16.1. The Labute approximate surface area is 133 Å². The van der Waals surface area contributed by atoms with Crippen molar-refractivity contribution in [3.05, 3.63) is 48.5 Å². The summed E-state index contributed by atoms with van der Waals surface area (Å²) in [7, 11) is 0. The summed E-state index contributed by atoms with van der Waals surface area (Å²) in [4.78, 5) is 5.62. The highest BCUT2D eigenvalue weighted by atomic mass is 19.1. The first-order valence-corrected chi connectivity index (χ1v) is 7.53. The summed E-state index contributed by atoms with van der Waals surface area (Å²) >= 11 is 0. The minimum absolute atomic E-state index is 0.292. The summed E-state index contributed by atoms with van der Waals surface area (Å²) in [5, 5.41) is 0. The van der Waals surface area contributed by atoms with Gasteiger partial charge in [-0.1, -0.05) is 12.1 Å². The van der Waals surface area contributed by atoms with Crippen LogP contribution in [0.1, 0.15) is 0 Å². The van der Waals surface area contributed by atoms with Gasteiger partial charge in [-0.2, -0.15) is 4.39 Å². The quantitative estimate of drug-likeness (QED) is 0.794. The third-order valence-corrected chi connectivity index (χ3v) is 3.70. The van der Waals surface area contributed by atoms with E-state index in [0.29, 0.717) is 26.3 Å². The lowest BCUT2D eigenvalue weighted by Gasteiger charge is -2.28. The van der Waals surface area contributed by atoms with E-state index < -0.39 is 12.3 Å². The molecule has 1 aliphatic rings. The molecule has 0 N–H and O–H groups in total. The van der Waals surface area contributed by atoms with Gasteiger partial charge < -0.3 is 9.47 Å². The van der Waals surface area contributed by atoms with Gasteiger partial charge in [0.1, 0.15) is 12.4 Å². The van der Waals surface area contributed by atoms with E-state index in [-0.39, 0.29) is 0 Å². The Hall–Kier alpha value is -2.05. The van der Waals surface area contributed by atoms with E-state index in [2.05, 4.69) is 4.98 Å². The fourth-order valence-electron chi connectivity index (χ4n) is 2.44. The Bertz CT molecular complexity index is 619. The zero-order valence-corrected chi connectivity index (χ0v) is 12.6. The van der Waals surface area contributed by atoms with Crippen molar-refractivity contribution in [1.82, 2.24) is 9.88 Å². The van der Waals surface area contributed by atoms with Crippen LogP contribution in [0, 0.1) is 5.95 Å². The maximum atomic E-state index is 13.1. The van der Waals surface area contributed by atoms with E-state index in [9.17, 15) is 8.78 Å². The minimum Gasteiger partial charge on any atom is -0.492 e. The minimum atomic E-state index is -1.20. The molecular weight excluding hydrogens is 302 g/mol. The van der Waals surface area contributed by atoms with Gasteiger partial charge in [-0.25, -0.2) is 9.37 Å². The van der Waals surface area contributed by atoms with Gasteiger partial charge in [-0.3, -0.25) is 4.90 Å². The van der Waals surface area contributed by atoms with Gasteiger partial charge in [0, 0.05) is 24.8 Å². The first-order valence-electron chi connectivity index (χ1n) is 7.53. The van der Waals surface area contributed by atoms with E-state index in [0.717, 1.165) is 23.4 Å². The van der Waals surface area contributed by atoms with E-state index in [1.54, 1.807) is 6.07 Å². The van der Waals surface area contributed by atoms with E-state index in [1.807, 2.05) is 29.2 Å². The number of ether oxygens (including phenoxy) is 2. The van der Waals surface area contributed by atoms with Gasteiger partial charge >= 0.3 is 0 Å². The predicted octanol–water partition coefficient (Wildman–Crippen LogP) is 2.89. The molecular formula is C17H18F2N2O2. The Morgan fingerprint density at radius 1 is 1.17 bits per heavy atom. The van der Waals surface area contributed by atoms with Crippen molar-refractivity contribution in [2.75, 3.05) is 32.8 Å². The van der Waals surface area contributed by atoms with Crippen molar-refractivity contribution in [3.8, 4) is 16.9 Å². The Morgan fingerprint density at radius 2 is 1.96 bits per heavy atom. The molecule has 0 aliphatic carbocycles. The predicted molar refractivity (Wildman–Crippen MR) is 82.4 cm³/mol. The lowest BCUT2D eigenvalue weighted by molar-refractivity contribution is -0.0993. The third kappa shape index (κ3) is 4.46.